The van der Waals surface area contributed by atoms with E-state index in [0.29, 0.717) is 0 Å². The highest BCUT2D eigenvalue weighted by Gasteiger charge is 2.27. The second kappa shape index (κ2) is 6.57. The molecule has 1 aromatic carbocycles. The molecule has 0 aromatic heterocycles. The average Bonchev–Trinajstić information content (AvgIpc) is 2.38. The molecule has 0 aliphatic rings. The lowest BCUT2D eigenvalue weighted by atomic mass is 10.0. The molecule has 1 atom stereocenters. The van der Waals surface area contributed by atoms with Crippen LogP contribution in [0.25, 0.3) is 0 Å². The molecule has 19 heavy (non-hydrogen) atoms. The van der Waals surface area contributed by atoms with Crippen LogP contribution in [0.4, 0.5) is 0 Å². The zero-order valence-electron chi connectivity index (χ0n) is 12.4. The van der Waals surface area contributed by atoms with Gasteiger partial charge in [-0.3, -0.25) is 4.79 Å². The summed E-state index contributed by atoms with van der Waals surface area (Å²) in [6, 6.07) is 7.69. The lowest BCUT2D eigenvalue weighted by Crippen LogP contribution is -2.52. The van der Waals surface area contributed by atoms with Crippen LogP contribution in [0, 0.1) is 0 Å². The Morgan fingerprint density at radius 1 is 1.32 bits per heavy atom. The number of likely N-dealkylation sites (N-methyl/N-ethyl adjacent to an activating group) is 1. The van der Waals surface area contributed by atoms with E-state index < -0.39 is 5.54 Å². The lowest BCUT2D eigenvalue weighted by molar-refractivity contribution is -0.127. The largest absolute Gasteiger partial charge is 0.497 e. The molecule has 0 radical (unpaired) electrons. The van der Waals surface area contributed by atoms with Crippen LogP contribution in [-0.4, -0.2) is 25.1 Å². The maximum atomic E-state index is 12.2. The standard InChI is InChI=1S/C15H24N2O2/c1-6-16-15(3,4)14(18)17-11(2)12-7-9-13(19-5)10-8-12/h7-11,16H,6H2,1-5H3,(H,17,18)/t11-/m0/s1. The first kappa shape index (κ1) is 15.5. The smallest absolute Gasteiger partial charge is 0.240 e. The number of benzene rings is 1. The normalized spacial score (nSPS) is 12.9. The van der Waals surface area contributed by atoms with E-state index in [4.69, 9.17) is 4.74 Å². The van der Waals surface area contributed by atoms with E-state index in [2.05, 4.69) is 10.6 Å². The van der Waals surface area contributed by atoms with E-state index in [1.54, 1.807) is 7.11 Å². The Morgan fingerprint density at radius 2 is 1.89 bits per heavy atom. The summed E-state index contributed by atoms with van der Waals surface area (Å²) in [4.78, 5) is 12.2. The van der Waals surface area contributed by atoms with E-state index >= 15 is 0 Å². The summed E-state index contributed by atoms with van der Waals surface area (Å²) >= 11 is 0. The third-order valence-corrected chi connectivity index (χ3v) is 3.15. The van der Waals surface area contributed by atoms with Crippen molar-refractivity contribution < 1.29 is 9.53 Å². The number of carbonyl (C=O) groups excluding carboxylic acids is 1. The zero-order chi connectivity index (χ0) is 14.5. The van der Waals surface area contributed by atoms with Crippen LogP contribution in [0.2, 0.25) is 0 Å². The number of ether oxygens (including phenoxy) is 1. The molecule has 0 saturated carbocycles. The van der Waals surface area contributed by atoms with Crippen molar-refractivity contribution in [3.8, 4) is 5.75 Å². The molecule has 0 aliphatic heterocycles. The predicted octanol–water partition coefficient (Wildman–Crippen LogP) is 2.26. The number of rotatable bonds is 6. The van der Waals surface area contributed by atoms with Gasteiger partial charge in [-0.1, -0.05) is 19.1 Å². The number of carbonyl (C=O) groups is 1. The van der Waals surface area contributed by atoms with Gasteiger partial charge in [-0.25, -0.2) is 0 Å². The van der Waals surface area contributed by atoms with Crippen molar-refractivity contribution in [2.24, 2.45) is 0 Å². The second-order valence-corrected chi connectivity index (χ2v) is 5.12. The molecule has 1 rings (SSSR count). The van der Waals surface area contributed by atoms with Gasteiger partial charge in [-0.2, -0.15) is 0 Å². The minimum Gasteiger partial charge on any atom is -0.497 e. The van der Waals surface area contributed by atoms with Crippen LogP contribution in [0.1, 0.15) is 39.3 Å². The van der Waals surface area contributed by atoms with Crippen molar-refractivity contribution in [3.05, 3.63) is 29.8 Å². The Labute approximate surface area is 115 Å². The molecule has 0 saturated heterocycles. The van der Waals surface area contributed by atoms with Crippen LogP contribution in [0.15, 0.2) is 24.3 Å². The third-order valence-electron chi connectivity index (χ3n) is 3.15. The Hall–Kier alpha value is -1.55. The van der Waals surface area contributed by atoms with Crippen molar-refractivity contribution in [2.45, 2.75) is 39.3 Å². The minimum atomic E-state index is -0.560. The molecule has 0 unspecified atom stereocenters. The SMILES string of the molecule is CCNC(C)(C)C(=O)N[C@@H](C)c1ccc(OC)cc1. The minimum absolute atomic E-state index is 0.00216. The highest BCUT2D eigenvalue weighted by atomic mass is 16.5. The van der Waals surface area contributed by atoms with Gasteiger partial charge in [0.15, 0.2) is 0 Å². The van der Waals surface area contributed by atoms with E-state index in [0.717, 1.165) is 17.9 Å². The molecule has 106 valence electrons. The summed E-state index contributed by atoms with van der Waals surface area (Å²) in [6.45, 7) is 8.49. The molecule has 0 bridgehead atoms. The van der Waals surface area contributed by atoms with Crippen LogP contribution < -0.4 is 15.4 Å². The first-order chi connectivity index (χ1) is 8.90. The van der Waals surface area contributed by atoms with Crippen LogP contribution >= 0.6 is 0 Å². The first-order valence-corrected chi connectivity index (χ1v) is 6.60. The monoisotopic (exact) mass is 264 g/mol. The van der Waals surface area contributed by atoms with Crippen molar-refractivity contribution in [3.63, 3.8) is 0 Å². The molecule has 0 fully saturated rings. The number of amides is 1. The summed E-state index contributed by atoms with van der Waals surface area (Å²) < 4.78 is 5.12. The Morgan fingerprint density at radius 3 is 2.37 bits per heavy atom. The Bertz CT molecular complexity index is 413. The van der Waals surface area contributed by atoms with Crippen molar-refractivity contribution >= 4 is 5.91 Å². The molecule has 0 aliphatic carbocycles. The van der Waals surface area contributed by atoms with Gasteiger partial charge in [0.2, 0.25) is 5.91 Å². The van der Waals surface area contributed by atoms with Gasteiger partial charge < -0.3 is 15.4 Å². The van der Waals surface area contributed by atoms with E-state index in [1.807, 2.05) is 52.0 Å². The second-order valence-electron chi connectivity index (χ2n) is 5.12. The van der Waals surface area contributed by atoms with Crippen molar-refractivity contribution in [1.82, 2.24) is 10.6 Å². The summed E-state index contributed by atoms with van der Waals surface area (Å²) in [5.74, 6) is 0.813. The van der Waals surface area contributed by atoms with Gasteiger partial charge in [0, 0.05) is 0 Å². The zero-order valence-corrected chi connectivity index (χ0v) is 12.4. The molecule has 0 heterocycles. The van der Waals surface area contributed by atoms with Gasteiger partial charge in [-0.15, -0.1) is 0 Å². The fraction of sp³-hybridized carbons (Fsp3) is 0.533. The summed E-state index contributed by atoms with van der Waals surface area (Å²) in [7, 11) is 1.64. The average molecular weight is 264 g/mol. The molecular weight excluding hydrogens is 240 g/mol. The van der Waals surface area contributed by atoms with Crippen molar-refractivity contribution in [1.29, 1.82) is 0 Å². The van der Waals surface area contributed by atoms with Crippen LogP contribution in [0.3, 0.4) is 0 Å². The molecule has 4 nitrogen and oxygen atoms in total. The highest BCUT2D eigenvalue weighted by molar-refractivity contribution is 5.85. The van der Waals surface area contributed by atoms with Gasteiger partial charge >= 0.3 is 0 Å². The molecule has 4 heteroatoms. The predicted molar refractivity (Wildman–Crippen MR) is 77.3 cm³/mol. The highest BCUT2D eigenvalue weighted by Crippen LogP contribution is 2.18. The molecule has 1 aromatic rings. The number of methoxy groups -OCH3 is 1. The summed E-state index contributed by atoms with van der Waals surface area (Å²) in [6.07, 6.45) is 0. The fourth-order valence-corrected chi connectivity index (χ4v) is 1.88. The summed E-state index contributed by atoms with van der Waals surface area (Å²) in [5.41, 5.74) is 0.497. The van der Waals surface area contributed by atoms with E-state index in [9.17, 15) is 4.79 Å². The Balaban J connectivity index is 2.68. The Kier molecular flexibility index (Phi) is 5.36. The maximum Gasteiger partial charge on any atom is 0.240 e. The van der Waals surface area contributed by atoms with Crippen molar-refractivity contribution in [2.75, 3.05) is 13.7 Å². The fourth-order valence-electron chi connectivity index (χ4n) is 1.88. The first-order valence-electron chi connectivity index (χ1n) is 6.60. The quantitative estimate of drug-likeness (QED) is 0.828. The molecule has 1 amide bonds. The van der Waals surface area contributed by atoms with E-state index in [1.165, 1.54) is 0 Å². The van der Waals surface area contributed by atoms with Gasteiger partial charge in [0.25, 0.3) is 0 Å². The number of hydrogen-bond acceptors (Lipinski definition) is 3. The van der Waals surface area contributed by atoms with Gasteiger partial charge in [0.05, 0.1) is 18.7 Å². The molecule has 0 spiro atoms. The van der Waals surface area contributed by atoms with Crippen LogP contribution in [0.5, 0.6) is 5.75 Å². The summed E-state index contributed by atoms with van der Waals surface area (Å²) in [5, 5.41) is 6.18. The molecule has 2 N–H and O–H groups in total. The number of hydrogen-bond donors (Lipinski definition) is 2. The maximum absolute atomic E-state index is 12.2. The van der Waals surface area contributed by atoms with Gasteiger partial charge in [-0.05, 0) is 45.0 Å². The lowest BCUT2D eigenvalue weighted by Gasteiger charge is -2.27. The third kappa shape index (κ3) is 4.24. The van der Waals surface area contributed by atoms with Gasteiger partial charge in [0.1, 0.15) is 5.75 Å². The van der Waals surface area contributed by atoms with E-state index in [-0.39, 0.29) is 11.9 Å². The van der Waals surface area contributed by atoms with Crippen LogP contribution in [-0.2, 0) is 4.79 Å². The topological polar surface area (TPSA) is 50.4 Å². The molecular formula is C15H24N2O2. The number of nitrogens with one attached hydrogen (secondary N) is 2.